The number of hydrogen-bond donors (Lipinski definition) is 3. The van der Waals surface area contributed by atoms with Crippen molar-refractivity contribution in [3.05, 3.63) is 59.3 Å². The van der Waals surface area contributed by atoms with Crippen LogP contribution in [0.4, 0.5) is 0 Å². The van der Waals surface area contributed by atoms with Crippen LogP contribution in [0.3, 0.4) is 0 Å². The number of amides is 4. The molecule has 45 heavy (non-hydrogen) atoms. The minimum Gasteiger partial charge on any atom is -0.493 e. The molecule has 242 valence electrons. The third kappa shape index (κ3) is 9.23. The highest BCUT2D eigenvalue weighted by atomic mass is 16.5. The van der Waals surface area contributed by atoms with E-state index in [0.29, 0.717) is 63.4 Å². The summed E-state index contributed by atoms with van der Waals surface area (Å²) in [6, 6.07) is 12.6. The van der Waals surface area contributed by atoms with Crippen LogP contribution in [0.1, 0.15) is 49.4 Å². The number of methoxy groups -OCH3 is 1. The van der Waals surface area contributed by atoms with Crippen molar-refractivity contribution in [2.75, 3.05) is 46.9 Å². The van der Waals surface area contributed by atoms with Gasteiger partial charge in [-0.3, -0.25) is 19.2 Å². The zero-order valence-electron chi connectivity index (χ0n) is 26.7. The molecule has 4 rings (SSSR count). The second-order valence-electron chi connectivity index (χ2n) is 11.6. The first-order valence-corrected chi connectivity index (χ1v) is 15.6. The Morgan fingerprint density at radius 3 is 2.56 bits per heavy atom. The SMILES string of the molecule is COc1ccc2cc1OCC(=O)N[C@@H](C)C(=O)N(C)CCCCN(C(=O)Cc1c(C)[nH]c3ccccc13)CCCNC(=O)CC2. The Morgan fingerprint density at radius 1 is 1.00 bits per heavy atom. The van der Waals surface area contributed by atoms with Crippen molar-refractivity contribution in [1.29, 1.82) is 0 Å². The lowest BCUT2D eigenvalue weighted by atomic mass is 10.1. The summed E-state index contributed by atoms with van der Waals surface area (Å²) in [5.74, 6) is 0.164. The maximum atomic E-state index is 13.6. The number of likely N-dealkylation sites (N-methyl/N-ethyl adjacent to an activating group) is 1. The molecule has 0 saturated carbocycles. The first kappa shape index (κ1) is 33.4. The molecular formula is C34H45N5O6. The van der Waals surface area contributed by atoms with Gasteiger partial charge in [-0.15, -0.1) is 0 Å². The molecule has 1 atom stereocenters. The molecule has 2 bridgehead atoms. The van der Waals surface area contributed by atoms with Crippen LogP contribution in [-0.2, 0) is 32.0 Å². The maximum Gasteiger partial charge on any atom is 0.258 e. The number of benzene rings is 2. The van der Waals surface area contributed by atoms with Crippen LogP contribution in [0.5, 0.6) is 11.5 Å². The Morgan fingerprint density at radius 2 is 1.76 bits per heavy atom. The van der Waals surface area contributed by atoms with Crippen LogP contribution >= 0.6 is 0 Å². The van der Waals surface area contributed by atoms with Crippen molar-refractivity contribution < 1.29 is 28.7 Å². The molecule has 11 nitrogen and oxygen atoms in total. The van der Waals surface area contributed by atoms with Crippen molar-refractivity contribution >= 4 is 34.5 Å². The second kappa shape index (κ2) is 16.0. The lowest BCUT2D eigenvalue weighted by Crippen LogP contribution is -2.47. The number of rotatable bonds is 3. The third-order valence-corrected chi connectivity index (χ3v) is 8.16. The van der Waals surface area contributed by atoms with E-state index >= 15 is 0 Å². The number of carbonyl (C=O) groups is 4. The van der Waals surface area contributed by atoms with Gasteiger partial charge >= 0.3 is 0 Å². The Hall–Kier alpha value is -4.54. The largest absolute Gasteiger partial charge is 0.493 e. The number of carbonyl (C=O) groups excluding carboxylic acids is 4. The first-order valence-electron chi connectivity index (χ1n) is 15.6. The van der Waals surface area contributed by atoms with Gasteiger partial charge < -0.3 is 34.9 Å². The fourth-order valence-electron chi connectivity index (χ4n) is 5.60. The molecule has 2 heterocycles. The van der Waals surface area contributed by atoms with Crippen molar-refractivity contribution in [2.24, 2.45) is 0 Å². The van der Waals surface area contributed by atoms with E-state index in [9.17, 15) is 19.2 Å². The van der Waals surface area contributed by atoms with Gasteiger partial charge in [-0.05, 0) is 68.9 Å². The number of aromatic nitrogens is 1. The van der Waals surface area contributed by atoms with Gasteiger partial charge in [0, 0.05) is 56.2 Å². The Balaban J connectivity index is 1.45. The van der Waals surface area contributed by atoms with Crippen LogP contribution in [0.2, 0.25) is 0 Å². The summed E-state index contributed by atoms with van der Waals surface area (Å²) in [5, 5.41) is 6.73. The molecule has 1 aliphatic heterocycles. The topological polar surface area (TPSA) is 133 Å². The predicted molar refractivity (Wildman–Crippen MR) is 172 cm³/mol. The van der Waals surface area contributed by atoms with Crippen LogP contribution in [0, 0.1) is 6.92 Å². The van der Waals surface area contributed by atoms with E-state index in [0.717, 1.165) is 27.7 Å². The van der Waals surface area contributed by atoms with E-state index in [1.54, 1.807) is 31.0 Å². The molecule has 0 radical (unpaired) electrons. The lowest BCUT2D eigenvalue weighted by Gasteiger charge is -2.25. The van der Waals surface area contributed by atoms with Gasteiger partial charge in [-0.2, -0.15) is 0 Å². The van der Waals surface area contributed by atoms with Crippen molar-refractivity contribution in [2.45, 2.75) is 58.4 Å². The lowest BCUT2D eigenvalue weighted by molar-refractivity contribution is -0.135. The molecule has 3 aromatic rings. The number of nitrogens with one attached hydrogen (secondary N) is 3. The zero-order chi connectivity index (χ0) is 32.3. The highest BCUT2D eigenvalue weighted by molar-refractivity contribution is 5.90. The fraction of sp³-hybridized carbons (Fsp3) is 0.471. The van der Waals surface area contributed by atoms with E-state index in [4.69, 9.17) is 9.47 Å². The minimum atomic E-state index is -0.729. The number of para-hydroxylation sites is 1. The molecule has 0 fully saturated rings. The van der Waals surface area contributed by atoms with Gasteiger partial charge in [-0.25, -0.2) is 0 Å². The fourth-order valence-corrected chi connectivity index (χ4v) is 5.60. The van der Waals surface area contributed by atoms with E-state index in [2.05, 4.69) is 15.6 Å². The Bertz CT molecular complexity index is 1500. The quantitative estimate of drug-likeness (QED) is 0.413. The summed E-state index contributed by atoms with van der Waals surface area (Å²) in [6.07, 6.45) is 3.06. The van der Waals surface area contributed by atoms with Crippen LogP contribution in [-0.4, -0.2) is 91.4 Å². The minimum absolute atomic E-state index is 0.0296. The third-order valence-electron chi connectivity index (χ3n) is 8.16. The summed E-state index contributed by atoms with van der Waals surface area (Å²) in [4.78, 5) is 58.6. The number of aromatic amines is 1. The highest BCUT2D eigenvalue weighted by Crippen LogP contribution is 2.28. The second-order valence-corrected chi connectivity index (χ2v) is 11.6. The highest BCUT2D eigenvalue weighted by Gasteiger charge is 2.21. The average Bonchev–Trinajstić information content (AvgIpc) is 3.35. The standard InChI is InChI=1S/C34H45N5O6/c1-23-27(26-10-5-6-11-28(26)36-23)21-33(42)39-18-8-7-17-38(3)34(43)24(2)37-32(41)22-45-30-20-25(12-14-29(30)44-4)13-15-31(40)35-16-9-19-39/h5-6,10-12,14,20,24,36H,7-9,13,15-19,21-22H2,1-4H3,(H,35,40)(H,37,41)/t24-/m0/s1. The van der Waals surface area contributed by atoms with E-state index in [-0.39, 0.29) is 37.2 Å². The molecule has 0 aliphatic carbocycles. The Kier molecular flexibility index (Phi) is 11.8. The maximum absolute atomic E-state index is 13.6. The first-order chi connectivity index (χ1) is 21.7. The summed E-state index contributed by atoms with van der Waals surface area (Å²) in [5.41, 5.74) is 3.84. The molecule has 2 aromatic carbocycles. The summed E-state index contributed by atoms with van der Waals surface area (Å²) >= 11 is 0. The van der Waals surface area contributed by atoms with Crippen molar-refractivity contribution in [3.8, 4) is 11.5 Å². The van der Waals surface area contributed by atoms with E-state index in [1.807, 2.05) is 42.2 Å². The van der Waals surface area contributed by atoms with E-state index < -0.39 is 11.9 Å². The van der Waals surface area contributed by atoms with Crippen molar-refractivity contribution in [3.63, 3.8) is 0 Å². The normalized spacial score (nSPS) is 18.3. The Labute approximate surface area is 264 Å². The molecular weight excluding hydrogens is 574 g/mol. The number of ether oxygens (including phenoxy) is 2. The van der Waals surface area contributed by atoms with Gasteiger partial charge in [0.2, 0.25) is 17.7 Å². The molecule has 0 saturated heterocycles. The molecule has 1 aliphatic rings. The molecule has 11 heteroatoms. The average molecular weight is 620 g/mol. The molecule has 1 aromatic heterocycles. The summed E-state index contributed by atoms with van der Waals surface area (Å²) in [6.45, 7) is 5.34. The van der Waals surface area contributed by atoms with Gasteiger partial charge in [-0.1, -0.05) is 24.3 Å². The number of fused-ring (bicyclic) bond motifs is 3. The number of aryl methyl sites for hydroxylation is 2. The van der Waals surface area contributed by atoms with Gasteiger partial charge in [0.05, 0.1) is 13.5 Å². The monoisotopic (exact) mass is 619 g/mol. The van der Waals surface area contributed by atoms with E-state index in [1.165, 1.54) is 7.11 Å². The molecule has 4 amide bonds. The van der Waals surface area contributed by atoms with Crippen LogP contribution in [0.15, 0.2) is 42.5 Å². The summed E-state index contributed by atoms with van der Waals surface area (Å²) < 4.78 is 11.1. The number of nitrogens with zero attached hydrogens (tertiary/aromatic N) is 2. The van der Waals surface area contributed by atoms with Gasteiger partial charge in [0.25, 0.3) is 5.91 Å². The van der Waals surface area contributed by atoms with Gasteiger partial charge in [0.1, 0.15) is 6.04 Å². The molecule has 3 N–H and O–H groups in total. The predicted octanol–water partition coefficient (Wildman–Crippen LogP) is 3.13. The van der Waals surface area contributed by atoms with Gasteiger partial charge in [0.15, 0.2) is 18.1 Å². The van der Waals surface area contributed by atoms with Crippen molar-refractivity contribution in [1.82, 2.24) is 25.4 Å². The molecule has 0 unspecified atom stereocenters. The smallest absolute Gasteiger partial charge is 0.258 e. The van der Waals surface area contributed by atoms with Crippen LogP contribution in [0.25, 0.3) is 10.9 Å². The number of hydrogen-bond acceptors (Lipinski definition) is 6. The zero-order valence-corrected chi connectivity index (χ0v) is 26.7. The molecule has 0 spiro atoms. The number of H-pyrrole nitrogens is 1. The summed E-state index contributed by atoms with van der Waals surface area (Å²) in [7, 11) is 3.22. The van der Waals surface area contributed by atoms with Crippen LogP contribution < -0.4 is 20.1 Å².